The van der Waals surface area contributed by atoms with Gasteiger partial charge in [0.2, 0.25) is 0 Å². The Bertz CT molecular complexity index is 2550. The predicted octanol–water partition coefficient (Wildman–Crippen LogP) is 18.6. The zero-order chi connectivity index (χ0) is 57.8. The maximum atomic E-state index is 13.1. The maximum absolute atomic E-state index is 13.1. The van der Waals surface area contributed by atoms with Gasteiger partial charge in [0.25, 0.3) is 0 Å². The molecule has 10 heteroatoms. The summed E-state index contributed by atoms with van der Waals surface area (Å²) in [7, 11) is 0. The second-order valence-electron chi connectivity index (χ2n) is 25.3. The zero-order valence-electron chi connectivity index (χ0n) is 51.2. The molecule has 2 heterocycles. The number of carbonyl (C=O) groups excluding carboxylic acids is 4. The molecule has 4 unspecified atom stereocenters. The van der Waals surface area contributed by atoms with Gasteiger partial charge >= 0.3 is 23.9 Å². The fourth-order valence-electron chi connectivity index (χ4n) is 13.2. The summed E-state index contributed by atoms with van der Waals surface area (Å²) in [5.41, 5.74) is 1.95. The maximum Gasteiger partial charge on any atom is 0.338 e. The van der Waals surface area contributed by atoms with Gasteiger partial charge in [0.05, 0.1) is 72.7 Å². The minimum atomic E-state index is -0.334. The highest BCUT2D eigenvalue weighted by molar-refractivity contribution is 6.00. The Labute approximate surface area is 493 Å². The smallest absolute Gasteiger partial charge is 0.338 e. The van der Waals surface area contributed by atoms with Gasteiger partial charge < -0.3 is 28.4 Å². The Balaban J connectivity index is 0.799. The van der Waals surface area contributed by atoms with Crippen molar-refractivity contribution in [2.45, 2.75) is 220 Å². The first-order valence-electron chi connectivity index (χ1n) is 33.0. The van der Waals surface area contributed by atoms with Crippen LogP contribution in [0.2, 0.25) is 0 Å². The standard InChI is InChI=1S/C72H104O10/c1-5-9-11-13-19-25-31-65-55(29-23-12-10-6-2)33-34-56(30-24-18-14-16-21-27-43-79-67(73)61-39-35-59-47-63(41-37-57(59)45-61)69(75)81-53-71(7-3)49-77-50-71)66(65)32-26-20-15-17-22-28-44-80-68(74)62-40-36-60-48-64(42-38-58(60)46-62)70(76)82-54-72(8-4)51-78-52-72/h35-42,45-48,55-56,65-66H,5-34,43-44,49-54H2,1-4H3. The highest BCUT2D eigenvalue weighted by Gasteiger charge is 2.40. The van der Waals surface area contributed by atoms with E-state index in [2.05, 4.69) is 27.7 Å². The number of ether oxygens (including phenoxy) is 6. The van der Waals surface area contributed by atoms with E-state index in [0.717, 1.165) is 83.7 Å². The molecule has 4 aromatic rings. The highest BCUT2D eigenvalue weighted by Crippen LogP contribution is 2.48. The van der Waals surface area contributed by atoms with Gasteiger partial charge in [-0.25, -0.2) is 19.2 Å². The fourth-order valence-corrected chi connectivity index (χ4v) is 13.2. The van der Waals surface area contributed by atoms with Crippen LogP contribution in [-0.4, -0.2) is 76.7 Å². The van der Waals surface area contributed by atoms with Crippen LogP contribution in [0.4, 0.5) is 0 Å². The number of carbonyl (C=O) groups is 4. The lowest BCUT2D eigenvalue weighted by Gasteiger charge is -2.44. The molecule has 3 fully saturated rings. The van der Waals surface area contributed by atoms with Gasteiger partial charge in [0.1, 0.15) is 13.2 Å². The summed E-state index contributed by atoms with van der Waals surface area (Å²) in [4.78, 5) is 51.8. The van der Waals surface area contributed by atoms with E-state index in [9.17, 15) is 19.2 Å². The van der Waals surface area contributed by atoms with E-state index in [1.54, 1.807) is 24.3 Å². The van der Waals surface area contributed by atoms with Crippen LogP contribution in [0.15, 0.2) is 72.8 Å². The molecule has 2 saturated heterocycles. The second-order valence-corrected chi connectivity index (χ2v) is 25.3. The van der Waals surface area contributed by atoms with E-state index < -0.39 is 0 Å². The molecule has 0 amide bonds. The monoisotopic (exact) mass is 1130 g/mol. The topological polar surface area (TPSA) is 124 Å². The lowest BCUT2D eigenvalue weighted by atomic mass is 9.61. The number of rotatable bonds is 40. The van der Waals surface area contributed by atoms with Crippen molar-refractivity contribution in [2.24, 2.45) is 34.5 Å². The summed E-state index contributed by atoms with van der Waals surface area (Å²) in [6, 6.07) is 22.0. The van der Waals surface area contributed by atoms with Crippen LogP contribution in [0.25, 0.3) is 21.5 Å². The van der Waals surface area contributed by atoms with Crippen LogP contribution < -0.4 is 0 Å². The number of fused-ring (bicyclic) bond motifs is 2. The number of hydrogen-bond donors (Lipinski definition) is 0. The molecule has 0 aromatic heterocycles. The average molecular weight is 1130 g/mol. The van der Waals surface area contributed by atoms with Crippen molar-refractivity contribution < 1.29 is 47.6 Å². The van der Waals surface area contributed by atoms with E-state index in [-0.39, 0.29) is 34.7 Å². The Kier molecular flexibility index (Phi) is 27.5. The molecule has 2 aliphatic heterocycles. The fraction of sp³-hybridized carbons (Fsp3) is 0.667. The van der Waals surface area contributed by atoms with Crippen molar-refractivity contribution in [1.29, 1.82) is 0 Å². The lowest BCUT2D eigenvalue weighted by molar-refractivity contribution is -0.140. The number of esters is 4. The molecule has 452 valence electrons. The number of unbranched alkanes of at least 4 members (excludes halogenated alkanes) is 18. The van der Waals surface area contributed by atoms with Crippen LogP contribution >= 0.6 is 0 Å². The summed E-state index contributed by atoms with van der Waals surface area (Å²) in [5, 5.41) is 3.55. The summed E-state index contributed by atoms with van der Waals surface area (Å²) >= 11 is 0. The predicted molar refractivity (Wildman–Crippen MR) is 331 cm³/mol. The van der Waals surface area contributed by atoms with E-state index in [4.69, 9.17) is 28.4 Å². The minimum absolute atomic E-state index is 0.0599. The minimum Gasteiger partial charge on any atom is -0.462 e. The third-order valence-electron chi connectivity index (χ3n) is 19.1. The van der Waals surface area contributed by atoms with Crippen LogP contribution in [-0.2, 0) is 28.4 Å². The zero-order valence-corrected chi connectivity index (χ0v) is 51.2. The highest BCUT2D eigenvalue weighted by atomic mass is 16.6. The molecule has 82 heavy (non-hydrogen) atoms. The van der Waals surface area contributed by atoms with Gasteiger partial charge in [-0.3, -0.25) is 0 Å². The van der Waals surface area contributed by atoms with E-state index in [0.29, 0.717) is 75.1 Å². The van der Waals surface area contributed by atoms with Gasteiger partial charge in [-0.1, -0.05) is 193 Å². The molecule has 4 atom stereocenters. The molecule has 10 nitrogen and oxygen atoms in total. The van der Waals surface area contributed by atoms with Crippen LogP contribution in [0, 0.1) is 34.5 Å². The molecular weight excluding hydrogens is 1020 g/mol. The number of hydrogen-bond acceptors (Lipinski definition) is 10. The first kappa shape index (κ1) is 64.8. The molecule has 1 saturated carbocycles. The normalized spacial score (nSPS) is 19.1. The van der Waals surface area contributed by atoms with Gasteiger partial charge in [0.15, 0.2) is 0 Å². The third-order valence-corrected chi connectivity index (χ3v) is 19.1. The summed E-state index contributed by atoms with van der Waals surface area (Å²) < 4.78 is 33.5. The van der Waals surface area contributed by atoms with Crippen molar-refractivity contribution in [3.8, 4) is 0 Å². The third kappa shape index (κ3) is 19.9. The Morgan fingerprint density at radius 3 is 0.988 bits per heavy atom. The van der Waals surface area contributed by atoms with Crippen LogP contribution in [0.1, 0.15) is 262 Å². The average Bonchev–Trinajstić information content (AvgIpc) is 3.69. The molecule has 3 aliphatic rings. The summed E-state index contributed by atoms with van der Waals surface area (Å²) in [6.45, 7) is 13.0. The number of benzene rings is 4. The summed E-state index contributed by atoms with van der Waals surface area (Å²) in [6.07, 6.45) is 37.9. The van der Waals surface area contributed by atoms with Gasteiger partial charge in [0, 0.05) is 0 Å². The van der Waals surface area contributed by atoms with Crippen LogP contribution in [0.5, 0.6) is 0 Å². The van der Waals surface area contributed by atoms with Crippen molar-refractivity contribution in [3.05, 3.63) is 95.1 Å². The van der Waals surface area contributed by atoms with E-state index >= 15 is 0 Å². The molecular formula is C72H104O10. The molecule has 1 aliphatic carbocycles. The lowest BCUT2D eigenvalue weighted by Crippen LogP contribution is -2.46. The van der Waals surface area contributed by atoms with Crippen molar-refractivity contribution in [2.75, 3.05) is 52.9 Å². The largest absolute Gasteiger partial charge is 0.462 e. The first-order chi connectivity index (χ1) is 40.1. The SMILES string of the molecule is CCCCCCCCC1C(CCCCCC)CCC(CCCCCCCCOC(=O)c2ccc3cc(C(=O)OCC4(CC)COC4)ccc3c2)C1CCCCCCCCOC(=O)c1ccc2cc(C(=O)OCC3(CC)COC3)ccc2c1. The first-order valence-corrected chi connectivity index (χ1v) is 33.0. The van der Waals surface area contributed by atoms with Crippen molar-refractivity contribution >= 4 is 45.4 Å². The quantitative estimate of drug-likeness (QED) is 0.0242. The Hall–Kier alpha value is -4.80. The van der Waals surface area contributed by atoms with Gasteiger partial charge in [-0.05, 0) is 145 Å². The molecule has 0 N–H and O–H groups in total. The van der Waals surface area contributed by atoms with Crippen molar-refractivity contribution in [1.82, 2.24) is 0 Å². The van der Waals surface area contributed by atoms with E-state index in [1.165, 1.54) is 154 Å². The van der Waals surface area contributed by atoms with Crippen molar-refractivity contribution in [3.63, 3.8) is 0 Å². The Morgan fingerprint density at radius 1 is 0.378 bits per heavy atom. The van der Waals surface area contributed by atoms with Gasteiger partial charge in [-0.15, -0.1) is 0 Å². The molecule has 7 rings (SSSR count). The molecule has 0 radical (unpaired) electrons. The summed E-state index contributed by atoms with van der Waals surface area (Å²) in [5.74, 6) is 2.21. The second kappa shape index (κ2) is 34.8. The molecule has 4 aromatic carbocycles. The van der Waals surface area contributed by atoms with Crippen LogP contribution in [0.3, 0.4) is 0 Å². The molecule has 0 bridgehead atoms. The Morgan fingerprint density at radius 2 is 0.671 bits per heavy atom. The molecule has 0 spiro atoms. The van der Waals surface area contributed by atoms with Gasteiger partial charge in [-0.2, -0.15) is 0 Å². The van der Waals surface area contributed by atoms with E-state index in [1.807, 2.05) is 48.5 Å².